The number of hydrogen-bond donors (Lipinski definition) is 1. The molecule has 2 aromatic carbocycles. The fraction of sp³-hybridized carbons (Fsp3) is 0.118. The molecule has 0 aliphatic rings. The van der Waals surface area contributed by atoms with E-state index < -0.39 is 5.91 Å². The molecule has 3 rings (SSSR count). The van der Waals surface area contributed by atoms with Gasteiger partial charge in [-0.05, 0) is 18.2 Å². The van der Waals surface area contributed by atoms with Crippen molar-refractivity contribution < 1.29 is 13.9 Å². The number of halogens is 1. The van der Waals surface area contributed by atoms with Crippen molar-refractivity contribution in [2.45, 2.75) is 6.54 Å². The molecule has 6 nitrogen and oxygen atoms in total. The molecule has 0 bridgehead atoms. The summed E-state index contributed by atoms with van der Waals surface area (Å²) < 4.78 is 10.6. The van der Waals surface area contributed by atoms with Gasteiger partial charge in [0.15, 0.2) is 0 Å². The van der Waals surface area contributed by atoms with Crippen molar-refractivity contribution in [1.82, 2.24) is 15.5 Å². The molecule has 0 radical (unpaired) electrons. The molecule has 1 heterocycles. The quantitative estimate of drug-likeness (QED) is 0.768. The summed E-state index contributed by atoms with van der Waals surface area (Å²) in [6.07, 6.45) is 0. The molecule has 0 saturated carbocycles. The minimum atomic E-state index is -0.466. The predicted octanol–water partition coefficient (Wildman–Crippen LogP) is 3.33. The largest absolute Gasteiger partial charge is 0.496 e. The number of amides is 1. The highest BCUT2D eigenvalue weighted by Gasteiger charge is 2.17. The van der Waals surface area contributed by atoms with Crippen LogP contribution in [0.5, 0.6) is 5.75 Å². The maximum atomic E-state index is 12.2. The maximum absolute atomic E-state index is 12.2. The van der Waals surface area contributed by atoms with Crippen LogP contribution in [0.25, 0.3) is 11.5 Å². The summed E-state index contributed by atoms with van der Waals surface area (Å²) in [4.78, 5) is 12.2. The van der Waals surface area contributed by atoms with E-state index in [0.29, 0.717) is 16.3 Å². The second kappa shape index (κ2) is 7.14. The molecule has 122 valence electrons. The van der Waals surface area contributed by atoms with Crippen molar-refractivity contribution in [3.05, 3.63) is 65.0 Å². The van der Waals surface area contributed by atoms with Gasteiger partial charge in [-0.15, -0.1) is 10.2 Å². The third-order valence-corrected chi connectivity index (χ3v) is 3.69. The van der Waals surface area contributed by atoms with Gasteiger partial charge in [-0.2, -0.15) is 0 Å². The topological polar surface area (TPSA) is 77.2 Å². The maximum Gasteiger partial charge on any atom is 0.309 e. The molecule has 0 unspecified atom stereocenters. The highest BCUT2D eigenvalue weighted by Crippen LogP contribution is 2.26. The lowest BCUT2D eigenvalue weighted by Gasteiger charge is -2.08. The zero-order valence-corrected chi connectivity index (χ0v) is 13.6. The van der Waals surface area contributed by atoms with E-state index in [4.69, 9.17) is 20.8 Å². The Morgan fingerprint density at radius 1 is 1.17 bits per heavy atom. The van der Waals surface area contributed by atoms with Crippen molar-refractivity contribution in [2.75, 3.05) is 7.11 Å². The van der Waals surface area contributed by atoms with E-state index in [-0.39, 0.29) is 18.3 Å². The van der Waals surface area contributed by atoms with E-state index in [2.05, 4.69) is 15.5 Å². The summed E-state index contributed by atoms with van der Waals surface area (Å²) in [5.41, 5.74) is 1.43. The fourth-order valence-electron chi connectivity index (χ4n) is 2.16. The Morgan fingerprint density at radius 3 is 2.71 bits per heavy atom. The summed E-state index contributed by atoms with van der Waals surface area (Å²) in [7, 11) is 1.58. The van der Waals surface area contributed by atoms with Gasteiger partial charge < -0.3 is 14.5 Å². The zero-order valence-electron chi connectivity index (χ0n) is 12.8. The number of rotatable bonds is 5. The Bertz CT molecular complexity index is 864. The molecule has 1 amide bonds. The van der Waals surface area contributed by atoms with Crippen LogP contribution in [-0.4, -0.2) is 23.2 Å². The third-order valence-electron chi connectivity index (χ3n) is 3.36. The van der Waals surface area contributed by atoms with E-state index in [9.17, 15) is 4.79 Å². The molecule has 0 aliphatic heterocycles. The molecule has 7 heteroatoms. The molecule has 0 fully saturated rings. The number of benzene rings is 2. The predicted molar refractivity (Wildman–Crippen MR) is 88.9 cm³/mol. The number of hydrogen-bond acceptors (Lipinski definition) is 5. The van der Waals surface area contributed by atoms with Gasteiger partial charge in [0, 0.05) is 12.1 Å². The monoisotopic (exact) mass is 343 g/mol. The molecule has 3 aromatic rings. The van der Waals surface area contributed by atoms with Crippen molar-refractivity contribution in [1.29, 1.82) is 0 Å². The SMILES string of the molecule is COc1ccccc1CNC(=O)c1nnc(-c2ccccc2Cl)o1. The van der Waals surface area contributed by atoms with Crippen molar-refractivity contribution in [3.8, 4) is 17.2 Å². The number of ether oxygens (including phenoxy) is 1. The van der Waals surface area contributed by atoms with Gasteiger partial charge in [0.25, 0.3) is 0 Å². The van der Waals surface area contributed by atoms with Gasteiger partial charge in [-0.3, -0.25) is 4.79 Å². The summed E-state index contributed by atoms with van der Waals surface area (Å²) in [5.74, 6) is 0.301. The third kappa shape index (κ3) is 3.38. The molecular weight excluding hydrogens is 330 g/mol. The van der Waals surface area contributed by atoms with E-state index in [1.165, 1.54) is 0 Å². The Hall–Kier alpha value is -2.86. The van der Waals surface area contributed by atoms with Crippen LogP contribution < -0.4 is 10.1 Å². The normalized spacial score (nSPS) is 10.4. The fourth-order valence-corrected chi connectivity index (χ4v) is 2.38. The summed E-state index contributed by atoms with van der Waals surface area (Å²) in [6, 6.07) is 14.5. The van der Waals surface area contributed by atoms with Gasteiger partial charge in [0.05, 0.1) is 17.7 Å². The number of aromatic nitrogens is 2. The number of methoxy groups -OCH3 is 1. The first-order chi connectivity index (χ1) is 11.7. The van der Waals surface area contributed by atoms with E-state index in [0.717, 1.165) is 5.56 Å². The highest BCUT2D eigenvalue weighted by molar-refractivity contribution is 6.33. The lowest BCUT2D eigenvalue weighted by Crippen LogP contribution is -2.23. The lowest BCUT2D eigenvalue weighted by atomic mass is 10.2. The van der Waals surface area contributed by atoms with Crippen LogP contribution >= 0.6 is 11.6 Å². The molecule has 0 spiro atoms. The first-order valence-corrected chi connectivity index (χ1v) is 7.55. The summed E-state index contributed by atoms with van der Waals surface area (Å²) >= 11 is 6.08. The molecule has 0 aliphatic carbocycles. The Morgan fingerprint density at radius 2 is 1.92 bits per heavy atom. The smallest absolute Gasteiger partial charge is 0.309 e. The van der Waals surface area contributed by atoms with Crippen LogP contribution in [0.2, 0.25) is 5.02 Å². The van der Waals surface area contributed by atoms with E-state index in [1.54, 1.807) is 31.4 Å². The van der Waals surface area contributed by atoms with Crippen LogP contribution in [0.1, 0.15) is 16.2 Å². The van der Waals surface area contributed by atoms with Crippen molar-refractivity contribution in [3.63, 3.8) is 0 Å². The van der Waals surface area contributed by atoms with Crippen LogP contribution in [0, 0.1) is 0 Å². The number of carbonyl (C=O) groups excluding carboxylic acids is 1. The molecule has 0 saturated heterocycles. The minimum absolute atomic E-state index is 0.125. The van der Waals surface area contributed by atoms with Crippen LogP contribution in [0.15, 0.2) is 52.9 Å². The summed E-state index contributed by atoms with van der Waals surface area (Å²) in [5, 5.41) is 10.8. The molecule has 0 atom stereocenters. The Balaban J connectivity index is 1.71. The minimum Gasteiger partial charge on any atom is -0.496 e. The second-order valence-corrected chi connectivity index (χ2v) is 5.29. The van der Waals surface area contributed by atoms with Crippen LogP contribution in [0.4, 0.5) is 0 Å². The Labute approximate surface area is 143 Å². The number of para-hydroxylation sites is 1. The van der Waals surface area contributed by atoms with E-state index in [1.807, 2.05) is 24.3 Å². The van der Waals surface area contributed by atoms with Gasteiger partial charge in [0.2, 0.25) is 5.89 Å². The van der Waals surface area contributed by atoms with Crippen molar-refractivity contribution in [2.24, 2.45) is 0 Å². The van der Waals surface area contributed by atoms with Gasteiger partial charge in [-0.1, -0.05) is 41.9 Å². The lowest BCUT2D eigenvalue weighted by molar-refractivity contribution is 0.0916. The number of carbonyl (C=O) groups is 1. The van der Waals surface area contributed by atoms with Crippen molar-refractivity contribution >= 4 is 17.5 Å². The highest BCUT2D eigenvalue weighted by atomic mass is 35.5. The van der Waals surface area contributed by atoms with Gasteiger partial charge in [-0.25, -0.2) is 0 Å². The number of nitrogens with one attached hydrogen (secondary N) is 1. The van der Waals surface area contributed by atoms with E-state index >= 15 is 0 Å². The molecule has 1 aromatic heterocycles. The molecular formula is C17H14ClN3O3. The first-order valence-electron chi connectivity index (χ1n) is 7.17. The van der Waals surface area contributed by atoms with Crippen LogP contribution in [0.3, 0.4) is 0 Å². The Kier molecular flexibility index (Phi) is 4.77. The molecule has 1 N–H and O–H groups in total. The standard InChI is InChI=1S/C17H14ClN3O3/c1-23-14-9-5-2-6-11(14)10-19-15(22)17-21-20-16(24-17)12-7-3-4-8-13(12)18/h2-9H,10H2,1H3,(H,19,22). The average molecular weight is 344 g/mol. The van der Waals surface area contributed by atoms with Gasteiger partial charge in [0.1, 0.15) is 5.75 Å². The summed E-state index contributed by atoms with van der Waals surface area (Å²) in [6.45, 7) is 0.284. The van der Waals surface area contributed by atoms with Gasteiger partial charge >= 0.3 is 11.8 Å². The average Bonchev–Trinajstić information content (AvgIpc) is 3.10. The zero-order chi connectivity index (χ0) is 16.9. The molecule has 24 heavy (non-hydrogen) atoms. The first kappa shape index (κ1) is 16.0. The van der Waals surface area contributed by atoms with Crippen LogP contribution in [-0.2, 0) is 6.54 Å². The second-order valence-electron chi connectivity index (χ2n) is 4.89. The number of nitrogens with zero attached hydrogens (tertiary/aromatic N) is 2.